The Morgan fingerprint density at radius 2 is 2.03 bits per heavy atom. The smallest absolute Gasteiger partial charge is 0.246 e. The van der Waals surface area contributed by atoms with E-state index in [-0.39, 0.29) is 36.6 Å². The zero-order valence-electron chi connectivity index (χ0n) is 17.1. The highest BCUT2D eigenvalue weighted by molar-refractivity contribution is 7.89. The summed E-state index contributed by atoms with van der Waals surface area (Å²) in [6.45, 7) is 3.32. The quantitative estimate of drug-likeness (QED) is 0.593. The highest BCUT2D eigenvalue weighted by atomic mass is 32.2. The molecule has 1 aliphatic heterocycles. The standard InChI is InChI=1S/C20H22FN5O4S/c1-12-18(13(2)24-23-12)31(28,29)26-8-7-20(11-26,19(22)27)10-16-9-17(25-30-16)14-3-5-15(21)6-4-14/h3-6,9H,7-8,10-11H2,1-2H3,(H2,22,27)(H,23,24)/t20-/m1/s1. The molecule has 0 saturated carbocycles. The number of nitrogens with two attached hydrogens (primary N) is 1. The fraction of sp³-hybridized carbons (Fsp3) is 0.350. The number of nitrogens with one attached hydrogen (secondary N) is 1. The van der Waals surface area contributed by atoms with Crippen LogP contribution in [0.25, 0.3) is 11.3 Å². The summed E-state index contributed by atoms with van der Waals surface area (Å²) in [6, 6.07) is 7.42. The molecule has 1 saturated heterocycles. The van der Waals surface area contributed by atoms with Gasteiger partial charge in [0, 0.05) is 31.1 Å². The zero-order chi connectivity index (χ0) is 22.4. The lowest BCUT2D eigenvalue weighted by Crippen LogP contribution is -2.42. The van der Waals surface area contributed by atoms with Gasteiger partial charge in [0.2, 0.25) is 15.9 Å². The van der Waals surface area contributed by atoms with Gasteiger partial charge in [0.25, 0.3) is 0 Å². The predicted molar refractivity (Wildman–Crippen MR) is 109 cm³/mol. The van der Waals surface area contributed by atoms with Crippen molar-refractivity contribution < 1.29 is 22.1 Å². The van der Waals surface area contributed by atoms with Gasteiger partial charge >= 0.3 is 0 Å². The molecule has 0 aliphatic carbocycles. The monoisotopic (exact) mass is 447 g/mol. The van der Waals surface area contributed by atoms with Crippen LogP contribution in [0, 0.1) is 25.1 Å². The summed E-state index contributed by atoms with van der Waals surface area (Å²) in [4.78, 5) is 12.5. The number of H-pyrrole nitrogens is 1. The zero-order valence-corrected chi connectivity index (χ0v) is 17.9. The third kappa shape index (κ3) is 3.74. The fourth-order valence-electron chi connectivity index (χ4n) is 4.01. The molecule has 9 nitrogen and oxygen atoms in total. The number of primary amides is 1. The van der Waals surface area contributed by atoms with Gasteiger partial charge < -0.3 is 10.3 Å². The van der Waals surface area contributed by atoms with Crippen molar-refractivity contribution in [3.05, 3.63) is 53.3 Å². The van der Waals surface area contributed by atoms with Crippen molar-refractivity contribution in [1.29, 1.82) is 0 Å². The summed E-state index contributed by atoms with van der Waals surface area (Å²) >= 11 is 0. The summed E-state index contributed by atoms with van der Waals surface area (Å²) in [5, 5.41) is 10.6. The van der Waals surface area contributed by atoms with Crippen LogP contribution in [0.3, 0.4) is 0 Å². The Morgan fingerprint density at radius 1 is 1.32 bits per heavy atom. The molecule has 1 aliphatic rings. The molecule has 3 aromatic rings. The number of carbonyl (C=O) groups excluding carboxylic acids is 1. The van der Waals surface area contributed by atoms with Gasteiger partial charge in [-0.15, -0.1) is 0 Å². The molecule has 164 valence electrons. The second-order valence-corrected chi connectivity index (χ2v) is 9.73. The number of aryl methyl sites for hydroxylation is 2. The average molecular weight is 447 g/mol. The number of carbonyl (C=O) groups is 1. The molecular formula is C20H22FN5O4S. The molecule has 3 N–H and O–H groups in total. The van der Waals surface area contributed by atoms with Crippen molar-refractivity contribution in [2.45, 2.75) is 31.6 Å². The summed E-state index contributed by atoms with van der Waals surface area (Å²) in [6.07, 6.45) is 0.357. The number of aromatic nitrogens is 3. The van der Waals surface area contributed by atoms with Crippen LogP contribution in [0.2, 0.25) is 0 Å². The first-order chi connectivity index (χ1) is 14.6. The highest BCUT2D eigenvalue weighted by Crippen LogP contribution is 2.38. The average Bonchev–Trinajstić information content (AvgIpc) is 3.43. The van der Waals surface area contributed by atoms with E-state index in [9.17, 15) is 17.6 Å². The Balaban J connectivity index is 1.59. The largest absolute Gasteiger partial charge is 0.369 e. The number of amides is 1. The molecule has 1 fully saturated rings. The Labute approximate surface area is 178 Å². The molecule has 0 unspecified atom stereocenters. The van der Waals surface area contributed by atoms with Gasteiger partial charge in [-0.2, -0.15) is 9.40 Å². The Hall–Kier alpha value is -3.05. The van der Waals surface area contributed by atoms with Gasteiger partial charge in [-0.1, -0.05) is 5.16 Å². The second kappa shape index (κ2) is 7.57. The minimum Gasteiger partial charge on any atom is -0.369 e. The normalized spacial score (nSPS) is 19.7. The van der Waals surface area contributed by atoms with E-state index in [4.69, 9.17) is 10.3 Å². The molecule has 0 bridgehead atoms. The number of hydrogen-bond donors (Lipinski definition) is 2. The van der Waals surface area contributed by atoms with Crippen LogP contribution in [-0.2, 0) is 21.2 Å². The molecule has 0 spiro atoms. The SMILES string of the molecule is Cc1n[nH]c(C)c1S(=O)(=O)N1CC[C@](Cc2cc(-c3ccc(F)cc3)no2)(C(N)=O)C1. The number of sulfonamides is 1. The third-order valence-corrected chi connectivity index (χ3v) is 7.82. The van der Waals surface area contributed by atoms with Gasteiger partial charge in [0.15, 0.2) is 0 Å². The van der Waals surface area contributed by atoms with Crippen LogP contribution >= 0.6 is 0 Å². The molecular weight excluding hydrogens is 425 g/mol. The predicted octanol–water partition coefficient (Wildman–Crippen LogP) is 1.93. The lowest BCUT2D eigenvalue weighted by molar-refractivity contribution is -0.127. The number of nitrogens with zero attached hydrogens (tertiary/aromatic N) is 3. The summed E-state index contributed by atoms with van der Waals surface area (Å²) in [5.41, 5.74) is 6.54. The van der Waals surface area contributed by atoms with E-state index < -0.39 is 21.3 Å². The minimum atomic E-state index is -3.85. The molecule has 3 heterocycles. The Morgan fingerprint density at radius 3 is 2.65 bits per heavy atom. The van der Waals surface area contributed by atoms with Crippen molar-refractivity contribution in [2.75, 3.05) is 13.1 Å². The van der Waals surface area contributed by atoms with Crippen LogP contribution < -0.4 is 5.73 Å². The van der Waals surface area contributed by atoms with E-state index in [1.54, 1.807) is 32.0 Å². The van der Waals surface area contributed by atoms with Gasteiger partial charge in [0.1, 0.15) is 22.2 Å². The molecule has 11 heteroatoms. The van der Waals surface area contributed by atoms with Crippen LogP contribution in [-0.4, -0.2) is 47.1 Å². The van der Waals surface area contributed by atoms with Crippen molar-refractivity contribution in [3.63, 3.8) is 0 Å². The van der Waals surface area contributed by atoms with Crippen LogP contribution in [0.4, 0.5) is 4.39 Å². The van der Waals surface area contributed by atoms with Crippen molar-refractivity contribution in [1.82, 2.24) is 19.7 Å². The first-order valence-electron chi connectivity index (χ1n) is 9.65. The van der Waals surface area contributed by atoms with E-state index >= 15 is 0 Å². The first kappa shape index (κ1) is 21.2. The van der Waals surface area contributed by atoms with Crippen LogP contribution in [0.15, 0.2) is 39.8 Å². The third-order valence-electron chi connectivity index (χ3n) is 5.71. The molecule has 0 radical (unpaired) electrons. The van der Waals surface area contributed by atoms with Gasteiger partial charge in [-0.05, 0) is 44.5 Å². The Kier molecular flexibility index (Phi) is 5.18. The molecule has 2 aromatic heterocycles. The van der Waals surface area contributed by atoms with E-state index in [2.05, 4.69) is 15.4 Å². The van der Waals surface area contributed by atoms with Gasteiger partial charge in [0.05, 0.1) is 16.8 Å². The molecule has 1 amide bonds. The maximum atomic E-state index is 13.2. The first-order valence-corrected chi connectivity index (χ1v) is 11.1. The van der Waals surface area contributed by atoms with E-state index in [0.717, 1.165) is 0 Å². The van der Waals surface area contributed by atoms with E-state index in [0.29, 0.717) is 28.4 Å². The molecule has 1 aromatic carbocycles. The highest BCUT2D eigenvalue weighted by Gasteiger charge is 2.48. The number of aromatic amines is 1. The van der Waals surface area contributed by atoms with Crippen molar-refractivity contribution >= 4 is 15.9 Å². The van der Waals surface area contributed by atoms with Crippen LogP contribution in [0.1, 0.15) is 23.6 Å². The van der Waals surface area contributed by atoms with E-state index in [1.807, 2.05) is 0 Å². The number of hydrogen-bond acceptors (Lipinski definition) is 6. The Bertz CT molecular complexity index is 1220. The van der Waals surface area contributed by atoms with Crippen molar-refractivity contribution in [3.8, 4) is 11.3 Å². The van der Waals surface area contributed by atoms with E-state index in [1.165, 1.54) is 16.4 Å². The number of halogens is 1. The molecule has 31 heavy (non-hydrogen) atoms. The maximum Gasteiger partial charge on any atom is 0.246 e. The maximum absolute atomic E-state index is 13.2. The molecule has 4 rings (SSSR count). The fourth-order valence-corrected chi connectivity index (χ4v) is 5.87. The topological polar surface area (TPSA) is 135 Å². The number of rotatable bonds is 6. The van der Waals surface area contributed by atoms with Crippen LogP contribution in [0.5, 0.6) is 0 Å². The summed E-state index contributed by atoms with van der Waals surface area (Å²) < 4.78 is 46.1. The number of benzene rings is 1. The van der Waals surface area contributed by atoms with Gasteiger partial charge in [-0.3, -0.25) is 9.89 Å². The molecule has 1 atom stereocenters. The lowest BCUT2D eigenvalue weighted by Gasteiger charge is -2.24. The summed E-state index contributed by atoms with van der Waals surface area (Å²) in [5.74, 6) is -0.575. The second-order valence-electron chi connectivity index (χ2n) is 7.86. The minimum absolute atomic E-state index is 0.0681. The lowest BCUT2D eigenvalue weighted by atomic mass is 9.82. The summed E-state index contributed by atoms with van der Waals surface area (Å²) in [7, 11) is -3.85. The van der Waals surface area contributed by atoms with Gasteiger partial charge in [-0.25, -0.2) is 12.8 Å². The van der Waals surface area contributed by atoms with Crippen molar-refractivity contribution in [2.24, 2.45) is 11.1 Å².